The second kappa shape index (κ2) is 8.82. The molecule has 2 aliphatic rings. The summed E-state index contributed by atoms with van der Waals surface area (Å²) >= 11 is 0. The molecule has 1 unspecified atom stereocenters. The molecule has 3 heterocycles. The quantitative estimate of drug-likeness (QED) is 0.426. The van der Waals surface area contributed by atoms with E-state index in [0.717, 1.165) is 41.8 Å². The van der Waals surface area contributed by atoms with Gasteiger partial charge in [-0.3, -0.25) is 4.79 Å². The number of aromatic nitrogens is 2. The molecule has 1 saturated heterocycles. The third-order valence-corrected chi connectivity index (χ3v) is 6.72. The normalized spacial score (nSPS) is 16.8. The molecule has 0 radical (unpaired) electrons. The third-order valence-electron chi connectivity index (χ3n) is 6.72. The topological polar surface area (TPSA) is 107 Å². The first-order chi connectivity index (χ1) is 16.5. The van der Waals surface area contributed by atoms with Crippen molar-refractivity contribution in [1.82, 2.24) is 14.9 Å². The summed E-state index contributed by atoms with van der Waals surface area (Å²) in [5, 5.41) is 3.22. The molecule has 0 spiro atoms. The van der Waals surface area contributed by atoms with Crippen LogP contribution in [0.2, 0.25) is 0 Å². The van der Waals surface area contributed by atoms with E-state index in [0.29, 0.717) is 17.9 Å². The van der Waals surface area contributed by atoms with E-state index in [-0.39, 0.29) is 11.9 Å². The Bertz CT molecular complexity index is 1400. The van der Waals surface area contributed by atoms with Gasteiger partial charge < -0.3 is 21.1 Å². The molecule has 1 fully saturated rings. The van der Waals surface area contributed by atoms with Gasteiger partial charge in [0.05, 0.1) is 17.5 Å². The number of fused-ring (bicyclic) bond motifs is 4. The van der Waals surface area contributed by atoms with Crippen molar-refractivity contribution in [3.63, 3.8) is 0 Å². The van der Waals surface area contributed by atoms with Crippen LogP contribution < -0.4 is 16.2 Å². The molecule has 1 amide bonds. The highest BCUT2D eigenvalue weighted by molar-refractivity contribution is 6.05. The number of carbonyl (C=O) groups excluding carboxylic acids is 1. The van der Waals surface area contributed by atoms with Crippen molar-refractivity contribution in [2.24, 2.45) is 0 Å². The number of hydrogen-bond donors (Lipinski definition) is 2. The fourth-order valence-electron chi connectivity index (χ4n) is 5.01. The summed E-state index contributed by atoms with van der Waals surface area (Å²) in [7, 11) is 0. The molecule has 4 aromatic rings. The number of nitrogens with zero attached hydrogens (tertiary/aromatic N) is 3. The highest BCUT2D eigenvalue weighted by Crippen LogP contribution is 2.48. The molecule has 7 heteroatoms. The maximum absolute atomic E-state index is 9.93. The molecular weight excluding hydrogens is 426 g/mol. The van der Waals surface area contributed by atoms with Crippen molar-refractivity contribution in [2.75, 3.05) is 31.2 Å². The Kier molecular flexibility index (Phi) is 5.69. The van der Waals surface area contributed by atoms with Crippen LogP contribution >= 0.6 is 0 Å². The van der Waals surface area contributed by atoms with E-state index >= 15 is 0 Å². The summed E-state index contributed by atoms with van der Waals surface area (Å²) in [5.41, 5.74) is 17.4. The molecule has 2 aliphatic heterocycles. The summed E-state index contributed by atoms with van der Waals surface area (Å²) in [5.74, 6) is 1.59. The number of nitrogen functional groups attached to an aromatic ring is 2. The Hall–Kier alpha value is -3.87. The lowest BCUT2D eigenvalue weighted by molar-refractivity contribution is -0.117. The number of likely N-dealkylation sites (tertiary alicyclic amines) is 1. The second-order valence-electron chi connectivity index (χ2n) is 9.06. The summed E-state index contributed by atoms with van der Waals surface area (Å²) in [6.45, 7) is 6.88. The number of hydrogen-bond acceptors (Lipinski definition) is 6. The minimum absolute atomic E-state index is 0.172. The highest BCUT2D eigenvalue weighted by Gasteiger charge is 2.29. The van der Waals surface area contributed by atoms with Gasteiger partial charge in [-0.25, -0.2) is 4.98 Å². The van der Waals surface area contributed by atoms with Crippen molar-refractivity contribution in [3.8, 4) is 16.9 Å². The SMILES string of the molecule is Cc1ccc(-c2cc3nc(N)nc(N)c3c3c2C(C)CO3)c2ccccc12.O=CN1CCCC1. The van der Waals surface area contributed by atoms with Crippen molar-refractivity contribution in [1.29, 1.82) is 0 Å². The molecule has 7 nitrogen and oxygen atoms in total. The number of anilines is 2. The molecule has 0 saturated carbocycles. The van der Waals surface area contributed by atoms with E-state index in [2.05, 4.69) is 66.3 Å². The standard InChI is InChI=1S/C22H20N4O.C5H9NO/c1-11-7-8-15(14-6-4-3-5-13(11)14)16-9-17-19(21(23)26-22(24)25-17)20-18(16)12(2)10-27-20;7-5-6-3-1-2-4-6/h3-9,12H,10H2,1-2H3,(H4,23,24,25,26);5H,1-4H2. The number of aryl methyl sites for hydroxylation is 1. The first-order valence-corrected chi connectivity index (χ1v) is 11.7. The number of amides is 1. The molecule has 0 bridgehead atoms. The van der Waals surface area contributed by atoms with E-state index < -0.39 is 0 Å². The van der Waals surface area contributed by atoms with Gasteiger partial charge in [-0.1, -0.05) is 43.3 Å². The second-order valence-corrected chi connectivity index (χ2v) is 9.06. The van der Waals surface area contributed by atoms with E-state index in [1.807, 2.05) is 0 Å². The lowest BCUT2D eigenvalue weighted by Crippen LogP contribution is -2.15. The van der Waals surface area contributed by atoms with Crippen molar-refractivity contribution in [3.05, 3.63) is 53.6 Å². The largest absolute Gasteiger partial charge is 0.492 e. The van der Waals surface area contributed by atoms with E-state index in [4.69, 9.17) is 16.2 Å². The molecule has 4 N–H and O–H groups in total. The van der Waals surface area contributed by atoms with Gasteiger partial charge in [-0.2, -0.15) is 4.98 Å². The van der Waals surface area contributed by atoms with Gasteiger partial charge >= 0.3 is 0 Å². The predicted molar refractivity (Wildman–Crippen MR) is 137 cm³/mol. The molecule has 174 valence electrons. The fourth-order valence-corrected chi connectivity index (χ4v) is 5.01. The fraction of sp³-hybridized carbons (Fsp3) is 0.296. The Morgan fingerprint density at radius 1 is 1.03 bits per heavy atom. The van der Waals surface area contributed by atoms with Crippen LogP contribution in [0.4, 0.5) is 11.8 Å². The van der Waals surface area contributed by atoms with Crippen LogP contribution in [-0.2, 0) is 4.79 Å². The third kappa shape index (κ3) is 3.77. The molecule has 1 atom stereocenters. The van der Waals surface area contributed by atoms with Crippen LogP contribution in [0.3, 0.4) is 0 Å². The average molecular weight is 456 g/mol. The monoisotopic (exact) mass is 455 g/mol. The molecular formula is C27H29N5O2. The van der Waals surface area contributed by atoms with Crippen LogP contribution in [-0.4, -0.2) is 41.0 Å². The minimum atomic E-state index is 0.172. The number of nitrogens with two attached hydrogens (primary N) is 2. The van der Waals surface area contributed by atoms with Crippen molar-refractivity contribution in [2.45, 2.75) is 32.6 Å². The predicted octanol–water partition coefficient (Wildman–Crippen LogP) is 4.66. The van der Waals surface area contributed by atoms with E-state index in [9.17, 15) is 4.79 Å². The lowest BCUT2D eigenvalue weighted by Gasteiger charge is -2.16. The van der Waals surface area contributed by atoms with Gasteiger partial charge in [0.1, 0.15) is 11.6 Å². The Morgan fingerprint density at radius 3 is 2.47 bits per heavy atom. The summed E-state index contributed by atoms with van der Waals surface area (Å²) in [6, 6.07) is 14.9. The maximum atomic E-state index is 9.93. The molecule has 1 aromatic heterocycles. The first-order valence-electron chi connectivity index (χ1n) is 11.7. The number of rotatable bonds is 2. The van der Waals surface area contributed by atoms with Crippen LogP contribution in [0.15, 0.2) is 42.5 Å². The number of carbonyl (C=O) groups is 1. The van der Waals surface area contributed by atoms with Gasteiger partial charge in [-0.15, -0.1) is 0 Å². The zero-order valence-electron chi connectivity index (χ0n) is 19.5. The summed E-state index contributed by atoms with van der Waals surface area (Å²) < 4.78 is 6.04. The first kappa shape index (κ1) is 21.9. The van der Waals surface area contributed by atoms with Crippen LogP contribution in [0, 0.1) is 6.92 Å². The Labute approximate surface area is 198 Å². The molecule has 34 heavy (non-hydrogen) atoms. The van der Waals surface area contributed by atoms with Crippen LogP contribution in [0.1, 0.15) is 36.8 Å². The van der Waals surface area contributed by atoms with Crippen molar-refractivity contribution < 1.29 is 9.53 Å². The maximum Gasteiger partial charge on any atom is 0.222 e. The summed E-state index contributed by atoms with van der Waals surface area (Å²) in [4.78, 5) is 20.3. The van der Waals surface area contributed by atoms with Crippen molar-refractivity contribution >= 4 is 39.9 Å². The number of benzene rings is 3. The number of ether oxygens (including phenoxy) is 1. The molecule has 6 rings (SSSR count). The highest BCUT2D eigenvalue weighted by atomic mass is 16.5. The van der Waals surface area contributed by atoms with Gasteiger partial charge in [0.25, 0.3) is 0 Å². The van der Waals surface area contributed by atoms with Gasteiger partial charge in [-0.05, 0) is 53.3 Å². The lowest BCUT2D eigenvalue weighted by atomic mass is 9.88. The van der Waals surface area contributed by atoms with Crippen LogP contribution in [0.5, 0.6) is 5.75 Å². The zero-order chi connectivity index (χ0) is 23.8. The molecule has 3 aromatic carbocycles. The van der Waals surface area contributed by atoms with Gasteiger partial charge in [0.2, 0.25) is 12.4 Å². The molecule has 0 aliphatic carbocycles. The Morgan fingerprint density at radius 2 is 1.76 bits per heavy atom. The average Bonchev–Trinajstić information content (AvgIpc) is 3.49. The van der Waals surface area contributed by atoms with E-state index in [1.54, 1.807) is 4.90 Å². The van der Waals surface area contributed by atoms with Gasteiger partial charge in [0.15, 0.2) is 0 Å². The summed E-state index contributed by atoms with van der Waals surface area (Å²) in [6.07, 6.45) is 3.31. The smallest absolute Gasteiger partial charge is 0.222 e. The zero-order valence-corrected chi connectivity index (χ0v) is 19.5. The van der Waals surface area contributed by atoms with Gasteiger partial charge in [0, 0.05) is 24.6 Å². The van der Waals surface area contributed by atoms with Crippen LogP contribution in [0.25, 0.3) is 32.8 Å². The van der Waals surface area contributed by atoms with E-state index in [1.165, 1.54) is 34.7 Å². The minimum Gasteiger partial charge on any atom is -0.492 e. The Balaban J connectivity index is 0.000000297.